The number of nitrogens with two attached hydrogens (primary N) is 1. The predicted molar refractivity (Wildman–Crippen MR) is 74.7 cm³/mol. The van der Waals surface area contributed by atoms with Gasteiger partial charge < -0.3 is 10.6 Å². The molecule has 1 aromatic rings. The molecule has 18 heavy (non-hydrogen) atoms. The molecule has 1 aromatic carbocycles. The van der Waals surface area contributed by atoms with Crippen molar-refractivity contribution >= 4 is 11.6 Å². The number of carbonyl (C=O) groups excluding carboxylic acids is 1. The standard InChI is InChI=1S/C15H22N2O/c1-5-9(2)8-17-12-7-10(3)6-11(4)13(12)14(16)15(17)18/h6-7,9,14H,5,8,16H2,1-4H3. The summed E-state index contributed by atoms with van der Waals surface area (Å²) >= 11 is 0. The molecule has 0 spiro atoms. The van der Waals surface area contributed by atoms with E-state index in [1.54, 1.807) is 0 Å². The number of nitrogens with zero attached hydrogens (tertiary/aromatic N) is 1. The summed E-state index contributed by atoms with van der Waals surface area (Å²) in [5.74, 6) is 0.534. The zero-order chi connectivity index (χ0) is 13.4. The Labute approximate surface area is 109 Å². The first kappa shape index (κ1) is 13.1. The molecule has 1 aliphatic heterocycles. The third-order valence-corrected chi connectivity index (χ3v) is 3.83. The molecule has 0 saturated heterocycles. The molecule has 0 fully saturated rings. The SMILES string of the molecule is CCC(C)CN1C(=O)C(N)c2c(C)cc(C)cc21. The number of anilines is 1. The smallest absolute Gasteiger partial charge is 0.248 e. The van der Waals surface area contributed by atoms with Crippen molar-refractivity contribution in [2.45, 2.75) is 40.2 Å². The van der Waals surface area contributed by atoms with Gasteiger partial charge in [-0.15, -0.1) is 0 Å². The number of hydrogen-bond acceptors (Lipinski definition) is 2. The highest BCUT2D eigenvalue weighted by Crippen LogP contribution is 2.38. The molecule has 0 radical (unpaired) electrons. The van der Waals surface area contributed by atoms with Gasteiger partial charge in [-0.2, -0.15) is 0 Å². The highest BCUT2D eigenvalue weighted by molar-refractivity contribution is 6.05. The van der Waals surface area contributed by atoms with Gasteiger partial charge in [-0.3, -0.25) is 4.79 Å². The van der Waals surface area contributed by atoms with Crippen molar-refractivity contribution in [2.75, 3.05) is 11.4 Å². The van der Waals surface area contributed by atoms with Gasteiger partial charge in [0.15, 0.2) is 0 Å². The fraction of sp³-hybridized carbons (Fsp3) is 0.533. The monoisotopic (exact) mass is 246 g/mol. The maximum Gasteiger partial charge on any atom is 0.248 e. The van der Waals surface area contributed by atoms with Gasteiger partial charge in [-0.25, -0.2) is 0 Å². The molecule has 0 aliphatic carbocycles. The molecule has 2 atom stereocenters. The Bertz CT molecular complexity index is 482. The summed E-state index contributed by atoms with van der Waals surface area (Å²) in [6.07, 6.45) is 1.07. The Morgan fingerprint density at radius 2 is 2.06 bits per heavy atom. The molecule has 0 saturated carbocycles. The van der Waals surface area contributed by atoms with Gasteiger partial charge in [0.05, 0.1) is 0 Å². The van der Waals surface area contributed by atoms with E-state index in [0.29, 0.717) is 5.92 Å². The van der Waals surface area contributed by atoms with Crippen molar-refractivity contribution in [2.24, 2.45) is 11.7 Å². The Balaban J connectivity index is 2.44. The van der Waals surface area contributed by atoms with Crippen LogP contribution >= 0.6 is 0 Å². The minimum atomic E-state index is -0.482. The topological polar surface area (TPSA) is 46.3 Å². The van der Waals surface area contributed by atoms with E-state index in [-0.39, 0.29) is 5.91 Å². The molecule has 3 heteroatoms. The van der Waals surface area contributed by atoms with Crippen molar-refractivity contribution in [3.05, 3.63) is 28.8 Å². The second-order valence-corrected chi connectivity index (χ2v) is 5.45. The average Bonchev–Trinajstić information content (AvgIpc) is 2.54. The second-order valence-electron chi connectivity index (χ2n) is 5.45. The van der Waals surface area contributed by atoms with Crippen molar-refractivity contribution in [3.63, 3.8) is 0 Å². The normalized spacial score (nSPS) is 20.2. The van der Waals surface area contributed by atoms with E-state index in [4.69, 9.17) is 5.73 Å². The van der Waals surface area contributed by atoms with Gasteiger partial charge >= 0.3 is 0 Å². The molecular weight excluding hydrogens is 224 g/mol. The molecule has 1 heterocycles. The molecule has 1 amide bonds. The van der Waals surface area contributed by atoms with Gasteiger partial charge in [0.25, 0.3) is 0 Å². The minimum absolute atomic E-state index is 0.0407. The van der Waals surface area contributed by atoms with Crippen molar-refractivity contribution in [3.8, 4) is 0 Å². The van der Waals surface area contributed by atoms with Crippen LogP contribution in [0.4, 0.5) is 5.69 Å². The van der Waals surface area contributed by atoms with Crippen LogP contribution in [0, 0.1) is 19.8 Å². The van der Waals surface area contributed by atoms with Crippen LogP contribution in [-0.2, 0) is 4.79 Å². The van der Waals surface area contributed by atoms with Crippen LogP contribution < -0.4 is 10.6 Å². The lowest BCUT2D eigenvalue weighted by Gasteiger charge is -2.21. The number of benzene rings is 1. The maximum atomic E-state index is 12.3. The van der Waals surface area contributed by atoms with Gasteiger partial charge in [-0.05, 0) is 37.0 Å². The Morgan fingerprint density at radius 1 is 1.39 bits per heavy atom. The zero-order valence-corrected chi connectivity index (χ0v) is 11.7. The first-order chi connectivity index (χ1) is 8.45. The first-order valence-electron chi connectivity index (χ1n) is 6.63. The van der Waals surface area contributed by atoms with Gasteiger partial charge in [-0.1, -0.05) is 26.3 Å². The van der Waals surface area contributed by atoms with Crippen molar-refractivity contribution in [1.82, 2.24) is 0 Å². The Hall–Kier alpha value is -1.35. The third kappa shape index (κ3) is 2.03. The van der Waals surface area contributed by atoms with Crippen LogP contribution in [0.25, 0.3) is 0 Å². The number of amides is 1. The lowest BCUT2D eigenvalue weighted by atomic mass is 10.0. The summed E-state index contributed by atoms with van der Waals surface area (Å²) in [4.78, 5) is 14.1. The quantitative estimate of drug-likeness (QED) is 0.891. The van der Waals surface area contributed by atoms with Crippen LogP contribution in [0.1, 0.15) is 43.0 Å². The van der Waals surface area contributed by atoms with E-state index >= 15 is 0 Å². The van der Waals surface area contributed by atoms with Gasteiger partial charge in [0, 0.05) is 17.8 Å². The summed E-state index contributed by atoms with van der Waals surface area (Å²) in [7, 11) is 0. The number of carbonyl (C=O) groups is 1. The van der Waals surface area contributed by atoms with Gasteiger partial charge in [0.2, 0.25) is 5.91 Å². The van der Waals surface area contributed by atoms with E-state index in [2.05, 4.69) is 32.9 Å². The van der Waals surface area contributed by atoms with Crippen LogP contribution in [0.15, 0.2) is 12.1 Å². The lowest BCUT2D eigenvalue weighted by Crippen LogP contribution is -2.34. The molecule has 2 rings (SSSR count). The molecule has 98 valence electrons. The summed E-state index contributed by atoms with van der Waals surface area (Å²) in [5, 5.41) is 0. The Morgan fingerprint density at radius 3 is 2.67 bits per heavy atom. The fourth-order valence-electron chi connectivity index (χ4n) is 2.62. The van der Waals surface area contributed by atoms with E-state index in [1.165, 1.54) is 5.56 Å². The average molecular weight is 246 g/mol. The van der Waals surface area contributed by atoms with E-state index in [1.807, 2.05) is 11.8 Å². The summed E-state index contributed by atoms with van der Waals surface area (Å²) in [6, 6.07) is 3.69. The fourth-order valence-corrected chi connectivity index (χ4v) is 2.62. The zero-order valence-electron chi connectivity index (χ0n) is 11.7. The van der Waals surface area contributed by atoms with Crippen molar-refractivity contribution in [1.29, 1.82) is 0 Å². The van der Waals surface area contributed by atoms with E-state index in [9.17, 15) is 4.79 Å². The molecule has 2 unspecified atom stereocenters. The van der Waals surface area contributed by atoms with Crippen molar-refractivity contribution < 1.29 is 4.79 Å². The largest absolute Gasteiger partial charge is 0.316 e. The van der Waals surface area contributed by atoms with E-state index < -0.39 is 6.04 Å². The first-order valence-corrected chi connectivity index (χ1v) is 6.63. The highest BCUT2D eigenvalue weighted by Gasteiger charge is 2.36. The molecule has 0 bridgehead atoms. The molecule has 3 nitrogen and oxygen atoms in total. The predicted octanol–water partition coefficient (Wildman–Crippen LogP) is 2.70. The van der Waals surface area contributed by atoms with Crippen LogP contribution in [0.5, 0.6) is 0 Å². The lowest BCUT2D eigenvalue weighted by molar-refractivity contribution is -0.119. The number of fused-ring (bicyclic) bond motifs is 1. The summed E-state index contributed by atoms with van der Waals surface area (Å²) < 4.78 is 0. The Kier molecular flexibility index (Phi) is 3.44. The second kappa shape index (κ2) is 4.73. The van der Waals surface area contributed by atoms with E-state index in [0.717, 1.165) is 29.8 Å². The molecular formula is C15H22N2O. The van der Waals surface area contributed by atoms with Gasteiger partial charge in [0.1, 0.15) is 6.04 Å². The van der Waals surface area contributed by atoms with Crippen LogP contribution in [0.3, 0.4) is 0 Å². The molecule has 1 aliphatic rings. The molecule has 0 aromatic heterocycles. The number of rotatable bonds is 3. The number of hydrogen-bond donors (Lipinski definition) is 1. The summed E-state index contributed by atoms with van der Waals surface area (Å²) in [5.41, 5.74) is 10.4. The highest BCUT2D eigenvalue weighted by atomic mass is 16.2. The third-order valence-electron chi connectivity index (χ3n) is 3.83. The summed E-state index contributed by atoms with van der Waals surface area (Å²) in [6.45, 7) is 9.17. The molecule has 2 N–H and O–H groups in total. The van der Waals surface area contributed by atoms with Crippen LogP contribution in [0.2, 0.25) is 0 Å². The van der Waals surface area contributed by atoms with Crippen LogP contribution in [-0.4, -0.2) is 12.5 Å². The minimum Gasteiger partial charge on any atom is -0.316 e. The maximum absolute atomic E-state index is 12.3. The number of aryl methyl sites for hydroxylation is 2.